The molecule has 1 aliphatic carbocycles. The maximum Gasteiger partial charge on any atom is 0.416 e. The van der Waals surface area contributed by atoms with Crippen molar-refractivity contribution in [2.24, 2.45) is 5.41 Å². The van der Waals surface area contributed by atoms with Crippen molar-refractivity contribution in [3.8, 4) is 11.4 Å². The molecule has 0 bridgehead atoms. The van der Waals surface area contributed by atoms with Gasteiger partial charge in [0, 0.05) is 30.9 Å². The third-order valence-corrected chi connectivity index (χ3v) is 7.12. The number of piperidine rings is 1. The summed E-state index contributed by atoms with van der Waals surface area (Å²) in [5, 5.41) is 13.6. The van der Waals surface area contributed by atoms with Crippen LogP contribution in [-0.4, -0.2) is 50.4 Å². The molecule has 0 atom stereocenters. The van der Waals surface area contributed by atoms with Gasteiger partial charge in [0.25, 0.3) is 0 Å². The summed E-state index contributed by atoms with van der Waals surface area (Å²) in [6.45, 7) is 1.04. The molecule has 1 N–H and O–H groups in total. The van der Waals surface area contributed by atoms with Crippen molar-refractivity contribution in [3.63, 3.8) is 0 Å². The molecule has 0 unspecified atom stereocenters. The lowest BCUT2D eigenvalue weighted by molar-refractivity contribution is -0.137. The molecule has 1 amide bonds. The maximum atomic E-state index is 13.1. The smallest absolute Gasteiger partial charge is 0.416 e. The molecule has 8 nitrogen and oxygen atoms in total. The fourth-order valence-corrected chi connectivity index (χ4v) is 5.08. The summed E-state index contributed by atoms with van der Waals surface area (Å²) in [6, 6.07) is 7.37. The lowest BCUT2D eigenvalue weighted by atomic mass is 9.60. The molecule has 3 aromatic rings. The summed E-state index contributed by atoms with van der Waals surface area (Å²) in [6.07, 6.45) is -1.56. The molecule has 36 heavy (non-hydrogen) atoms. The van der Waals surface area contributed by atoms with E-state index in [4.69, 9.17) is 4.52 Å². The average molecular weight is 505 g/mol. The number of aromatic nitrogens is 3. The Kier molecular flexibility index (Phi) is 6.05. The van der Waals surface area contributed by atoms with E-state index in [9.17, 15) is 27.5 Å². The Morgan fingerprint density at radius 3 is 2.50 bits per heavy atom. The molecule has 2 aromatic heterocycles. The first kappa shape index (κ1) is 24.0. The number of rotatable bonds is 5. The van der Waals surface area contributed by atoms with E-state index in [-0.39, 0.29) is 29.7 Å². The van der Waals surface area contributed by atoms with Crippen molar-refractivity contribution in [3.05, 3.63) is 59.9 Å². The third kappa shape index (κ3) is 4.84. The van der Waals surface area contributed by atoms with Crippen molar-refractivity contribution < 1.29 is 32.0 Å². The van der Waals surface area contributed by atoms with Crippen LogP contribution in [-0.2, 0) is 12.7 Å². The number of carboxylic acid groups (broad SMARTS) is 1. The van der Waals surface area contributed by atoms with Crippen LogP contribution in [0.1, 0.15) is 37.1 Å². The molecule has 1 saturated carbocycles. The molecule has 5 rings (SSSR count). The van der Waals surface area contributed by atoms with Crippen LogP contribution >= 0.6 is 0 Å². The van der Waals surface area contributed by atoms with E-state index in [0.717, 1.165) is 25.0 Å². The van der Waals surface area contributed by atoms with Crippen LogP contribution in [0.4, 0.5) is 28.2 Å². The average Bonchev–Trinajstić information content (AvgIpc) is 3.30. The number of hydrogen-bond acceptors (Lipinski definition) is 6. The predicted octanol–water partition coefficient (Wildman–Crippen LogP) is 5.22. The highest BCUT2D eigenvalue weighted by Crippen LogP contribution is 2.51. The zero-order valence-corrected chi connectivity index (χ0v) is 19.1. The standard InChI is InChI=1S/C24H23F4N5O3/c25-17-3-1-15(2-4-17)21-30-20(36-31-21)14-33(22(34)35)18-12-23(13-18)6-9-32(10-7-23)19-11-16(5-8-29-19)24(26,27)28/h1-5,8,11,18H,6-7,9-10,12-14H2,(H,34,35). The minimum atomic E-state index is -4.42. The van der Waals surface area contributed by atoms with E-state index in [0.29, 0.717) is 37.3 Å². The van der Waals surface area contributed by atoms with Gasteiger partial charge in [0.05, 0.1) is 5.56 Å². The van der Waals surface area contributed by atoms with Gasteiger partial charge >= 0.3 is 12.3 Å². The van der Waals surface area contributed by atoms with Gasteiger partial charge in [-0.15, -0.1) is 0 Å². The molecule has 2 aliphatic rings. The predicted molar refractivity (Wildman–Crippen MR) is 119 cm³/mol. The molecule has 1 aliphatic heterocycles. The second kappa shape index (κ2) is 9.07. The fraction of sp³-hybridized carbons (Fsp3) is 0.417. The lowest BCUT2D eigenvalue weighted by Gasteiger charge is -2.54. The Bertz CT molecular complexity index is 1230. The number of benzene rings is 1. The molecular formula is C24H23F4N5O3. The largest absolute Gasteiger partial charge is 0.465 e. The van der Waals surface area contributed by atoms with Gasteiger partial charge in [-0.1, -0.05) is 5.16 Å². The zero-order valence-electron chi connectivity index (χ0n) is 19.1. The van der Waals surface area contributed by atoms with Crippen LogP contribution in [0.3, 0.4) is 0 Å². The van der Waals surface area contributed by atoms with E-state index in [1.807, 2.05) is 4.90 Å². The minimum absolute atomic E-state index is 0.0510. The first-order valence-corrected chi connectivity index (χ1v) is 11.5. The van der Waals surface area contributed by atoms with Crippen molar-refractivity contribution in [1.29, 1.82) is 0 Å². The van der Waals surface area contributed by atoms with Gasteiger partial charge in [0.1, 0.15) is 18.2 Å². The number of carbonyl (C=O) groups is 1. The van der Waals surface area contributed by atoms with Crippen LogP contribution in [0, 0.1) is 11.2 Å². The number of anilines is 1. The summed E-state index contributed by atoms with van der Waals surface area (Å²) >= 11 is 0. The highest BCUT2D eigenvalue weighted by molar-refractivity contribution is 5.65. The number of alkyl halides is 3. The van der Waals surface area contributed by atoms with Crippen molar-refractivity contribution in [2.45, 2.75) is 44.4 Å². The van der Waals surface area contributed by atoms with Crippen LogP contribution < -0.4 is 4.90 Å². The molecule has 1 spiro atoms. The summed E-state index contributed by atoms with van der Waals surface area (Å²) in [5.41, 5.74) is -0.222. The highest BCUT2D eigenvalue weighted by atomic mass is 19.4. The Morgan fingerprint density at radius 1 is 1.17 bits per heavy atom. The van der Waals surface area contributed by atoms with E-state index in [1.54, 1.807) is 0 Å². The van der Waals surface area contributed by atoms with Crippen LogP contribution in [0.2, 0.25) is 0 Å². The first-order valence-electron chi connectivity index (χ1n) is 11.5. The Labute approximate surface area is 203 Å². The van der Waals surface area contributed by atoms with Crippen molar-refractivity contribution >= 4 is 11.9 Å². The van der Waals surface area contributed by atoms with Gasteiger partial charge in [-0.2, -0.15) is 18.2 Å². The van der Waals surface area contributed by atoms with Crippen molar-refractivity contribution in [1.82, 2.24) is 20.0 Å². The Balaban J connectivity index is 1.19. The van der Waals surface area contributed by atoms with E-state index in [1.165, 1.54) is 35.4 Å². The molecule has 190 valence electrons. The van der Waals surface area contributed by atoms with Crippen LogP contribution in [0.15, 0.2) is 47.1 Å². The molecule has 1 aromatic carbocycles. The van der Waals surface area contributed by atoms with Crippen LogP contribution in [0.25, 0.3) is 11.4 Å². The lowest BCUT2D eigenvalue weighted by Crippen LogP contribution is -2.56. The number of pyridine rings is 1. The van der Waals surface area contributed by atoms with E-state index >= 15 is 0 Å². The highest BCUT2D eigenvalue weighted by Gasteiger charge is 2.49. The topological polar surface area (TPSA) is 95.6 Å². The summed E-state index contributed by atoms with van der Waals surface area (Å²) in [4.78, 5) is 23.4. The number of nitrogens with zero attached hydrogens (tertiary/aromatic N) is 5. The van der Waals surface area contributed by atoms with Crippen molar-refractivity contribution in [2.75, 3.05) is 18.0 Å². The Hall–Kier alpha value is -3.70. The molecule has 12 heteroatoms. The zero-order chi connectivity index (χ0) is 25.5. The quantitative estimate of drug-likeness (QED) is 0.475. The first-order chi connectivity index (χ1) is 17.1. The fourth-order valence-electron chi connectivity index (χ4n) is 5.08. The Morgan fingerprint density at radius 2 is 1.86 bits per heavy atom. The van der Waals surface area contributed by atoms with Gasteiger partial charge in [-0.3, -0.25) is 4.90 Å². The van der Waals surface area contributed by atoms with Gasteiger partial charge in [0.2, 0.25) is 11.7 Å². The number of amides is 1. The molecule has 0 radical (unpaired) electrons. The number of hydrogen-bond donors (Lipinski definition) is 1. The van der Waals surface area contributed by atoms with Gasteiger partial charge in [-0.25, -0.2) is 14.2 Å². The summed E-state index contributed by atoms with van der Waals surface area (Å²) in [7, 11) is 0. The normalized spacial score (nSPS) is 17.7. The molecule has 1 saturated heterocycles. The monoisotopic (exact) mass is 505 g/mol. The summed E-state index contributed by atoms with van der Waals surface area (Å²) < 4.78 is 57.5. The third-order valence-electron chi connectivity index (χ3n) is 7.12. The second-order valence-electron chi connectivity index (χ2n) is 9.38. The SMILES string of the molecule is O=C(O)N(Cc1nc(-c2ccc(F)cc2)no1)C1CC2(CCN(c3cc(C(F)(F)F)ccn3)CC2)C1. The number of halogens is 4. The molecular weight excluding hydrogens is 482 g/mol. The second-order valence-corrected chi connectivity index (χ2v) is 9.38. The minimum Gasteiger partial charge on any atom is -0.465 e. The van der Waals surface area contributed by atoms with E-state index < -0.39 is 23.7 Å². The molecule has 3 heterocycles. The maximum absolute atomic E-state index is 13.1. The van der Waals surface area contributed by atoms with Gasteiger partial charge < -0.3 is 14.5 Å². The van der Waals surface area contributed by atoms with E-state index in [2.05, 4.69) is 15.1 Å². The molecule has 2 fully saturated rings. The van der Waals surface area contributed by atoms with Gasteiger partial charge in [0.15, 0.2) is 0 Å². The van der Waals surface area contributed by atoms with Gasteiger partial charge in [-0.05, 0) is 67.5 Å². The van der Waals surface area contributed by atoms with Crippen LogP contribution in [0.5, 0.6) is 0 Å². The summed E-state index contributed by atoms with van der Waals surface area (Å²) in [5.74, 6) is 0.297.